The summed E-state index contributed by atoms with van der Waals surface area (Å²) in [6.07, 6.45) is -0.168. The first-order valence-electron chi connectivity index (χ1n) is 8.87. The maximum Gasteiger partial charge on any atom is 0.407 e. The summed E-state index contributed by atoms with van der Waals surface area (Å²) in [5, 5.41) is 2.77. The molecule has 3 N–H and O–H groups in total. The molecule has 0 radical (unpaired) electrons. The maximum absolute atomic E-state index is 12.0. The third kappa shape index (κ3) is 7.48. The third-order valence-electron chi connectivity index (χ3n) is 3.65. The molecule has 1 unspecified atom stereocenters. The van der Waals surface area contributed by atoms with Gasteiger partial charge < -0.3 is 25.3 Å². The van der Waals surface area contributed by atoms with Crippen molar-refractivity contribution in [2.75, 3.05) is 19.4 Å². The lowest BCUT2D eigenvalue weighted by molar-refractivity contribution is 0.0501. The Kier molecular flexibility index (Phi) is 6.93. The molecular weight excluding hydrogens is 344 g/mol. The highest BCUT2D eigenvalue weighted by molar-refractivity contribution is 5.67. The Labute approximate surface area is 160 Å². The number of nitrogens with two attached hydrogens (primary N) is 1. The van der Waals surface area contributed by atoms with E-state index in [1.165, 1.54) is 0 Å². The van der Waals surface area contributed by atoms with Crippen LogP contribution in [0.25, 0.3) is 0 Å². The highest BCUT2D eigenvalue weighted by Gasteiger charge is 2.19. The van der Waals surface area contributed by atoms with E-state index in [2.05, 4.69) is 5.32 Å². The van der Waals surface area contributed by atoms with Crippen LogP contribution in [0.1, 0.15) is 26.3 Å². The van der Waals surface area contributed by atoms with Crippen LogP contribution in [-0.2, 0) is 11.2 Å². The van der Waals surface area contributed by atoms with Crippen LogP contribution in [0.15, 0.2) is 48.5 Å². The average molecular weight is 372 g/mol. The number of nitrogen functional groups attached to an aromatic ring is 1. The SMILES string of the molecule is COc1ccc(OC(CNC(=O)OC(C)(C)C)Cc2cccc(N)c2)cc1. The van der Waals surface area contributed by atoms with E-state index in [0.717, 1.165) is 11.3 Å². The van der Waals surface area contributed by atoms with E-state index in [9.17, 15) is 4.79 Å². The molecule has 146 valence electrons. The molecule has 1 amide bonds. The van der Waals surface area contributed by atoms with Crippen molar-refractivity contribution in [3.63, 3.8) is 0 Å². The van der Waals surface area contributed by atoms with Gasteiger partial charge in [-0.15, -0.1) is 0 Å². The summed E-state index contributed by atoms with van der Waals surface area (Å²) < 4.78 is 16.5. The van der Waals surface area contributed by atoms with Gasteiger partial charge in [-0.2, -0.15) is 0 Å². The molecule has 0 aromatic heterocycles. The van der Waals surface area contributed by atoms with Crippen LogP contribution < -0.4 is 20.5 Å². The smallest absolute Gasteiger partial charge is 0.407 e. The van der Waals surface area contributed by atoms with Crippen molar-refractivity contribution >= 4 is 11.8 Å². The summed E-state index contributed by atoms with van der Waals surface area (Å²) in [7, 11) is 1.61. The number of rotatable bonds is 7. The molecule has 0 saturated carbocycles. The number of hydrogen-bond donors (Lipinski definition) is 2. The second-order valence-electron chi connectivity index (χ2n) is 7.25. The van der Waals surface area contributed by atoms with Gasteiger partial charge in [-0.1, -0.05) is 12.1 Å². The topological polar surface area (TPSA) is 82.8 Å². The highest BCUT2D eigenvalue weighted by Crippen LogP contribution is 2.20. The second-order valence-corrected chi connectivity index (χ2v) is 7.25. The Morgan fingerprint density at radius 1 is 1.11 bits per heavy atom. The van der Waals surface area contributed by atoms with Gasteiger partial charge in [0.2, 0.25) is 0 Å². The molecule has 6 nitrogen and oxygen atoms in total. The molecule has 6 heteroatoms. The van der Waals surface area contributed by atoms with Gasteiger partial charge in [-0.3, -0.25) is 0 Å². The Morgan fingerprint density at radius 2 is 1.78 bits per heavy atom. The lowest BCUT2D eigenvalue weighted by Crippen LogP contribution is -2.39. The van der Waals surface area contributed by atoms with E-state index in [4.69, 9.17) is 19.9 Å². The lowest BCUT2D eigenvalue weighted by Gasteiger charge is -2.23. The minimum absolute atomic E-state index is 0.285. The zero-order chi connectivity index (χ0) is 19.9. The number of alkyl carbamates (subject to hydrolysis) is 1. The van der Waals surface area contributed by atoms with Gasteiger partial charge in [0.25, 0.3) is 0 Å². The van der Waals surface area contributed by atoms with Crippen molar-refractivity contribution in [3.8, 4) is 11.5 Å². The van der Waals surface area contributed by atoms with E-state index in [1.807, 2.05) is 69.3 Å². The number of nitrogens with one attached hydrogen (secondary N) is 1. The van der Waals surface area contributed by atoms with E-state index in [1.54, 1.807) is 7.11 Å². The number of methoxy groups -OCH3 is 1. The number of ether oxygens (including phenoxy) is 3. The quantitative estimate of drug-likeness (QED) is 0.723. The molecule has 0 aliphatic heterocycles. The van der Waals surface area contributed by atoms with Gasteiger partial charge in [0, 0.05) is 12.1 Å². The molecular formula is C21H28N2O4. The average Bonchev–Trinajstić information content (AvgIpc) is 2.59. The first-order chi connectivity index (χ1) is 12.7. The van der Waals surface area contributed by atoms with Crippen molar-refractivity contribution in [2.24, 2.45) is 0 Å². The minimum Gasteiger partial charge on any atom is -0.497 e. The van der Waals surface area contributed by atoms with Crippen LogP contribution >= 0.6 is 0 Å². The molecule has 0 saturated heterocycles. The summed E-state index contributed by atoms with van der Waals surface area (Å²) in [5.41, 5.74) is 7.03. The molecule has 0 aliphatic rings. The number of amides is 1. The van der Waals surface area contributed by atoms with Crippen LogP contribution in [0, 0.1) is 0 Å². The monoisotopic (exact) mass is 372 g/mol. The van der Waals surface area contributed by atoms with Gasteiger partial charge >= 0.3 is 6.09 Å². The molecule has 27 heavy (non-hydrogen) atoms. The summed E-state index contributed by atoms with van der Waals surface area (Å²) >= 11 is 0. The molecule has 2 rings (SSSR count). The number of benzene rings is 2. The second kappa shape index (κ2) is 9.16. The summed E-state index contributed by atoms with van der Waals surface area (Å²) in [6, 6.07) is 14.9. The predicted molar refractivity (Wildman–Crippen MR) is 106 cm³/mol. The van der Waals surface area contributed by atoms with Crippen molar-refractivity contribution in [1.29, 1.82) is 0 Å². The number of carbonyl (C=O) groups is 1. The molecule has 0 aliphatic carbocycles. The lowest BCUT2D eigenvalue weighted by atomic mass is 10.1. The predicted octanol–water partition coefficient (Wildman–Crippen LogP) is 3.79. The van der Waals surface area contributed by atoms with Crippen LogP contribution in [-0.4, -0.2) is 31.5 Å². The number of anilines is 1. The minimum atomic E-state index is -0.551. The molecule has 0 heterocycles. The summed E-state index contributed by atoms with van der Waals surface area (Å²) in [5.74, 6) is 1.44. The summed E-state index contributed by atoms with van der Waals surface area (Å²) in [6.45, 7) is 5.77. The Hall–Kier alpha value is -2.89. The van der Waals surface area contributed by atoms with Gasteiger partial charge in [0.15, 0.2) is 0 Å². The van der Waals surface area contributed by atoms with Crippen LogP contribution in [0.2, 0.25) is 0 Å². The molecule has 2 aromatic carbocycles. The fourth-order valence-corrected chi connectivity index (χ4v) is 2.50. The van der Waals surface area contributed by atoms with E-state index in [-0.39, 0.29) is 6.10 Å². The van der Waals surface area contributed by atoms with Crippen molar-refractivity contribution in [3.05, 3.63) is 54.1 Å². The zero-order valence-corrected chi connectivity index (χ0v) is 16.3. The van der Waals surface area contributed by atoms with E-state index >= 15 is 0 Å². The van der Waals surface area contributed by atoms with Crippen LogP contribution in [0.4, 0.5) is 10.5 Å². The van der Waals surface area contributed by atoms with E-state index < -0.39 is 11.7 Å². The Bertz CT molecular complexity index is 739. The van der Waals surface area contributed by atoms with Crippen molar-refractivity contribution in [1.82, 2.24) is 5.32 Å². The summed E-state index contributed by atoms with van der Waals surface area (Å²) in [4.78, 5) is 12.0. The first kappa shape index (κ1) is 20.4. The zero-order valence-electron chi connectivity index (χ0n) is 16.3. The molecule has 2 aromatic rings. The molecule has 0 fully saturated rings. The van der Waals surface area contributed by atoms with Gasteiger partial charge in [-0.05, 0) is 62.7 Å². The first-order valence-corrected chi connectivity index (χ1v) is 8.87. The fraction of sp³-hybridized carbons (Fsp3) is 0.381. The number of carbonyl (C=O) groups excluding carboxylic acids is 1. The van der Waals surface area contributed by atoms with E-state index in [0.29, 0.717) is 24.4 Å². The van der Waals surface area contributed by atoms with Crippen molar-refractivity contribution < 1.29 is 19.0 Å². The van der Waals surface area contributed by atoms with Crippen LogP contribution in [0.3, 0.4) is 0 Å². The Balaban J connectivity index is 2.05. The van der Waals surface area contributed by atoms with Crippen molar-refractivity contribution in [2.45, 2.75) is 38.9 Å². The number of hydrogen-bond acceptors (Lipinski definition) is 5. The van der Waals surface area contributed by atoms with Gasteiger partial charge in [0.05, 0.1) is 13.7 Å². The molecule has 0 bridgehead atoms. The normalized spacial score (nSPS) is 12.1. The largest absolute Gasteiger partial charge is 0.497 e. The Morgan fingerprint density at radius 3 is 2.37 bits per heavy atom. The fourth-order valence-electron chi connectivity index (χ4n) is 2.50. The maximum atomic E-state index is 12.0. The molecule has 1 atom stereocenters. The van der Waals surface area contributed by atoms with Gasteiger partial charge in [-0.25, -0.2) is 4.79 Å². The third-order valence-corrected chi connectivity index (χ3v) is 3.65. The van der Waals surface area contributed by atoms with Gasteiger partial charge in [0.1, 0.15) is 23.2 Å². The molecule has 0 spiro atoms. The van der Waals surface area contributed by atoms with Crippen LogP contribution in [0.5, 0.6) is 11.5 Å². The highest BCUT2D eigenvalue weighted by atomic mass is 16.6. The standard InChI is InChI=1S/C21H28N2O4/c1-21(2,3)27-20(24)23-14-19(13-15-6-5-7-16(22)12-15)26-18-10-8-17(25-4)9-11-18/h5-12,19H,13-14,22H2,1-4H3,(H,23,24).